The van der Waals surface area contributed by atoms with Crippen molar-refractivity contribution in [1.82, 2.24) is 9.91 Å². The van der Waals surface area contributed by atoms with Crippen LogP contribution in [0.5, 0.6) is 11.5 Å². The first-order valence-electron chi connectivity index (χ1n) is 10.5. The van der Waals surface area contributed by atoms with Gasteiger partial charge in [0.1, 0.15) is 23.9 Å². The van der Waals surface area contributed by atoms with Crippen LogP contribution in [0.15, 0.2) is 47.6 Å². The average Bonchev–Trinajstić information content (AvgIpc) is 3.26. The van der Waals surface area contributed by atoms with Gasteiger partial charge >= 0.3 is 0 Å². The maximum atomic E-state index is 14.5. The second-order valence-electron chi connectivity index (χ2n) is 7.53. The largest absolute Gasteiger partial charge is 0.497 e. The summed E-state index contributed by atoms with van der Waals surface area (Å²) in [6.45, 7) is 1.77. The highest BCUT2D eigenvalue weighted by Crippen LogP contribution is 2.39. The minimum atomic E-state index is -0.562. The molecule has 0 N–H and O–H groups in total. The van der Waals surface area contributed by atoms with Gasteiger partial charge < -0.3 is 19.1 Å². The Kier molecular flexibility index (Phi) is 8.00. The summed E-state index contributed by atoms with van der Waals surface area (Å²) in [7, 11) is 4.61. The summed E-state index contributed by atoms with van der Waals surface area (Å²) in [5.41, 5.74) is 1.43. The second-order valence-corrected chi connectivity index (χ2v) is 7.53. The maximum Gasteiger partial charge on any atom is 0.262 e. The normalized spacial score (nSPS) is 15.2. The van der Waals surface area contributed by atoms with E-state index in [-0.39, 0.29) is 25.4 Å². The molecule has 8 nitrogen and oxygen atoms in total. The summed E-state index contributed by atoms with van der Waals surface area (Å²) in [5, 5.41) is 5.80. The van der Waals surface area contributed by atoms with Gasteiger partial charge in [-0.05, 0) is 24.3 Å². The molecule has 1 aliphatic rings. The lowest BCUT2D eigenvalue weighted by Crippen LogP contribution is -2.41. The predicted molar refractivity (Wildman–Crippen MR) is 121 cm³/mol. The lowest BCUT2D eigenvalue weighted by molar-refractivity contribution is -0.141. The molecule has 2 amide bonds. The quantitative estimate of drug-likeness (QED) is 0.578. The van der Waals surface area contributed by atoms with Gasteiger partial charge in [0.2, 0.25) is 5.91 Å². The lowest BCUT2D eigenvalue weighted by Gasteiger charge is -2.27. The molecule has 0 unspecified atom stereocenters. The summed E-state index contributed by atoms with van der Waals surface area (Å²) >= 11 is 0. The molecule has 0 bridgehead atoms. The number of carbonyl (C=O) groups is 2. The Hall–Kier alpha value is -3.46. The third-order valence-electron chi connectivity index (χ3n) is 5.48. The third kappa shape index (κ3) is 5.48. The van der Waals surface area contributed by atoms with E-state index in [0.29, 0.717) is 34.9 Å². The van der Waals surface area contributed by atoms with E-state index in [9.17, 15) is 14.0 Å². The topological polar surface area (TPSA) is 80.7 Å². The molecule has 176 valence electrons. The van der Waals surface area contributed by atoms with Crippen LogP contribution in [-0.2, 0) is 14.3 Å². The Morgan fingerprint density at radius 1 is 1.15 bits per heavy atom. The molecule has 2 aromatic carbocycles. The summed E-state index contributed by atoms with van der Waals surface area (Å²) in [4.78, 5) is 26.8. The fourth-order valence-corrected chi connectivity index (χ4v) is 3.73. The minimum absolute atomic E-state index is 0.185. The molecule has 0 saturated carbocycles. The smallest absolute Gasteiger partial charge is 0.262 e. The number of benzene rings is 2. The molecule has 9 heteroatoms. The molecule has 0 radical (unpaired) electrons. The molecule has 33 heavy (non-hydrogen) atoms. The van der Waals surface area contributed by atoms with Crippen molar-refractivity contribution < 1.29 is 28.2 Å². The molecule has 1 atom stereocenters. The van der Waals surface area contributed by atoms with Gasteiger partial charge in [0.25, 0.3) is 5.91 Å². The maximum absolute atomic E-state index is 14.5. The lowest BCUT2D eigenvalue weighted by atomic mass is 9.97. The van der Waals surface area contributed by atoms with Gasteiger partial charge in [0.15, 0.2) is 0 Å². The van der Waals surface area contributed by atoms with Crippen LogP contribution in [0.3, 0.4) is 0 Å². The summed E-state index contributed by atoms with van der Waals surface area (Å²) < 4.78 is 30.4. The van der Waals surface area contributed by atoms with Gasteiger partial charge in [-0.1, -0.05) is 18.2 Å². The van der Waals surface area contributed by atoms with E-state index in [1.807, 2.05) is 0 Å². The van der Waals surface area contributed by atoms with Crippen LogP contribution < -0.4 is 9.47 Å². The average molecular weight is 458 g/mol. The van der Waals surface area contributed by atoms with Gasteiger partial charge in [0, 0.05) is 38.1 Å². The van der Waals surface area contributed by atoms with E-state index in [1.54, 1.807) is 43.5 Å². The molecule has 3 rings (SSSR count). The fourth-order valence-electron chi connectivity index (χ4n) is 3.73. The molecule has 0 saturated heterocycles. The Morgan fingerprint density at radius 3 is 2.55 bits per heavy atom. The van der Waals surface area contributed by atoms with E-state index < -0.39 is 17.8 Å². The van der Waals surface area contributed by atoms with E-state index in [0.717, 1.165) is 0 Å². The Morgan fingerprint density at radius 2 is 1.91 bits per heavy atom. The Bertz CT molecular complexity index is 1040. The predicted octanol–water partition coefficient (Wildman–Crippen LogP) is 3.02. The number of hydrazone groups is 1. The van der Waals surface area contributed by atoms with E-state index in [1.165, 1.54) is 37.1 Å². The highest BCUT2D eigenvalue weighted by molar-refractivity contribution is 6.03. The monoisotopic (exact) mass is 457 g/mol. The molecule has 0 spiro atoms. The summed E-state index contributed by atoms with van der Waals surface area (Å²) in [5.74, 6) is 0.0534. The standard InChI is InChI=1S/C24H28FN3O5/c1-16(29)27(11-12-31-2)15-24(30)28-22(19-13-17(32-3)9-10-23(19)33-4)14-21(26-28)18-7-5-6-8-20(18)25/h5-10,13,22H,11-12,14-15H2,1-4H3/t22-/m1/s1. The highest BCUT2D eigenvalue weighted by Gasteiger charge is 2.36. The first kappa shape index (κ1) is 24.2. The highest BCUT2D eigenvalue weighted by atomic mass is 19.1. The summed E-state index contributed by atoms with van der Waals surface area (Å²) in [6.07, 6.45) is 0.272. The van der Waals surface area contributed by atoms with Gasteiger partial charge in [-0.3, -0.25) is 9.59 Å². The van der Waals surface area contributed by atoms with Crippen molar-refractivity contribution in [2.45, 2.75) is 19.4 Å². The molecular weight excluding hydrogens is 429 g/mol. The van der Waals surface area contributed by atoms with Crippen LogP contribution >= 0.6 is 0 Å². The van der Waals surface area contributed by atoms with Crippen molar-refractivity contribution in [2.24, 2.45) is 5.10 Å². The van der Waals surface area contributed by atoms with Gasteiger partial charge in [0.05, 0.1) is 32.6 Å². The van der Waals surface area contributed by atoms with Gasteiger partial charge in [-0.2, -0.15) is 5.10 Å². The molecule has 1 aliphatic heterocycles. The van der Waals surface area contributed by atoms with Crippen LogP contribution in [0.25, 0.3) is 0 Å². The number of hydrogen-bond donors (Lipinski definition) is 0. The number of amides is 2. The summed E-state index contributed by atoms with van der Waals surface area (Å²) in [6, 6.07) is 11.0. The zero-order valence-corrected chi connectivity index (χ0v) is 19.2. The van der Waals surface area contributed by atoms with Crippen LogP contribution in [0.1, 0.15) is 30.5 Å². The fraction of sp³-hybridized carbons (Fsp3) is 0.375. The number of carbonyl (C=O) groups excluding carboxylic acids is 2. The van der Waals surface area contributed by atoms with Crippen LogP contribution in [0.2, 0.25) is 0 Å². The number of nitrogens with zero attached hydrogens (tertiary/aromatic N) is 3. The molecule has 0 fully saturated rings. The van der Waals surface area contributed by atoms with E-state index in [2.05, 4.69) is 5.10 Å². The zero-order chi connectivity index (χ0) is 24.0. The van der Waals surface area contributed by atoms with Crippen LogP contribution in [0.4, 0.5) is 4.39 Å². The Labute approximate surface area is 192 Å². The van der Waals surface area contributed by atoms with Crippen molar-refractivity contribution in [3.05, 3.63) is 59.4 Å². The number of ether oxygens (including phenoxy) is 3. The zero-order valence-electron chi connectivity index (χ0n) is 19.2. The van der Waals surface area contributed by atoms with Crippen LogP contribution in [-0.4, -0.2) is 68.5 Å². The van der Waals surface area contributed by atoms with Crippen molar-refractivity contribution in [2.75, 3.05) is 41.0 Å². The van der Waals surface area contributed by atoms with E-state index in [4.69, 9.17) is 14.2 Å². The van der Waals surface area contributed by atoms with Crippen molar-refractivity contribution in [3.63, 3.8) is 0 Å². The molecule has 2 aromatic rings. The number of methoxy groups -OCH3 is 3. The first-order valence-corrected chi connectivity index (χ1v) is 10.5. The van der Waals surface area contributed by atoms with E-state index >= 15 is 0 Å². The molecular formula is C24H28FN3O5. The van der Waals surface area contributed by atoms with Crippen LogP contribution in [0, 0.1) is 5.82 Å². The SMILES string of the molecule is COCCN(CC(=O)N1N=C(c2ccccc2F)C[C@@H]1c1cc(OC)ccc1OC)C(C)=O. The number of hydrogen-bond acceptors (Lipinski definition) is 6. The van der Waals surface area contributed by atoms with Gasteiger partial charge in [-0.25, -0.2) is 9.40 Å². The second kappa shape index (κ2) is 10.9. The van der Waals surface area contributed by atoms with Gasteiger partial charge in [-0.15, -0.1) is 0 Å². The third-order valence-corrected chi connectivity index (χ3v) is 5.48. The van der Waals surface area contributed by atoms with Crippen molar-refractivity contribution in [3.8, 4) is 11.5 Å². The molecule has 0 aliphatic carbocycles. The molecule has 1 heterocycles. The first-order chi connectivity index (χ1) is 15.9. The van der Waals surface area contributed by atoms with Crippen molar-refractivity contribution >= 4 is 17.5 Å². The minimum Gasteiger partial charge on any atom is -0.497 e. The Balaban J connectivity index is 2.00. The number of halogens is 1. The number of rotatable bonds is 9. The van der Waals surface area contributed by atoms with Crippen molar-refractivity contribution in [1.29, 1.82) is 0 Å². The molecule has 0 aromatic heterocycles.